The number of alkyl carbamates (subject to hydrolysis) is 4. The molecule has 0 aliphatic heterocycles. The van der Waals surface area contributed by atoms with Gasteiger partial charge in [0.2, 0.25) is 0 Å². The third kappa shape index (κ3) is 48.4. The summed E-state index contributed by atoms with van der Waals surface area (Å²) in [5, 5.41) is 24.4. The number of rotatable bonds is 54. The highest BCUT2D eigenvalue weighted by atomic mass is 16.6. The van der Waals surface area contributed by atoms with E-state index in [9.17, 15) is 28.8 Å². The second-order valence-corrected chi connectivity index (χ2v) is 17.8. The number of hydrogen-bond acceptors (Lipinski definition) is 25. The summed E-state index contributed by atoms with van der Waals surface area (Å²) >= 11 is 0. The van der Waals surface area contributed by atoms with Gasteiger partial charge in [-0.2, -0.15) is 0 Å². The maximum atomic E-state index is 13.4. The summed E-state index contributed by atoms with van der Waals surface area (Å²) in [6.07, 6.45) is -1.54. The minimum atomic E-state index is -1.71. The van der Waals surface area contributed by atoms with Gasteiger partial charge in [0.1, 0.15) is 50.5 Å². The van der Waals surface area contributed by atoms with Gasteiger partial charge in [0.05, 0.1) is 130 Å². The van der Waals surface area contributed by atoms with Crippen LogP contribution in [-0.4, -0.2) is 258 Å². The number of aliphatic imine (C=N–C) groups is 2. The molecule has 0 saturated heterocycles. The molecule has 0 fully saturated rings. The van der Waals surface area contributed by atoms with E-state index in [-0.39, 0.29) is 155 Å². The SMILES string of the molecule is CC(COC(=O)NCCOCCOCCCC(=N)N)(COC(=O)NCCOCCOCCN=C(N)N)C(=O)OCCOCCOC(=O)C(C)(COC(=O)NCCOCCOCCCC(=N)N)COC(=O)NCCOCCOCCN=C(N)N. The van der Waals surface area contributed by atoms with Crippen molar-refractivity contribution in [2.24, 2.45) is 55.2 Å². The van der Waals surface area contributed by atoms with Gasteiger partial charge in [-0.25, -0.2) is 19.2 Å². The lowest BCUT2D eigenvalue weighted by molar-refractivity contribution is -0.163. The molecule has 480 valence electrons. The highest BCUT2D eigenvalue weighted by molar-refractivity contribution is 5.80. The fourth-order valence-corrected chi connectivity index (χ4v) is 5.66. The van der Waals surface area contributed by atoms with Crippen LogP contribution < -0.4 is 55.7 Å². The Morgan fingerprint density at radius 3 is 0.855 bits per heavy atom. The first-order valence-corrected chi connectivity index (χ1v) is 26.7. The van der Waals surface area contributed by atoms with Crippen molar-refractivity contribution in [2.75, 3.05) is 198 Å². The van der Waals surface area contributed by atoms with Crippen molar-refractivity contribution in [3.05, 3.63) is 0 Å². The first-order chi connectivity index (χ1) is 39.8. The van der Waals surface area contributed by atoms with Crippen molar-refractivity contribution >= 4 is 59.9 Å². The number of nitrogens with two attached hydrogens (primary N) is 6. The highest BCUT2D eigenvalue weighted by Gasteiger charge is 2.40. The van der Waals surface area contributed by atoms with Crippen molar-refractivity contribution in [1.29, 1.82) is 10.8 Å². The Labute approximate surface area is 483 Å². The molecule has 0 spiro atoms. The minimum absolute atomic E-state index is 0.0451. The molecule has 0 rings (SSSR count). The molecule has 0 bridgehead atoms. The van der Waals surface area contributed by atoms with Gasteiger partial charge in [-0.05, 0) is 26.7 Å². The number of amidine groups is 2. The third-order valence-electron chi connectivity index (χ3n) is 10.1. The fraction of sp³-hybridized carbons (Fsp3) is 0.792. The number of esters is 2. The highest BCUT2D eigenvalue weighted by Crippen LogP contribution is 2.22. The summed E-state index contributed by atoms with van der Waals surface area (Å²) in [6.45, 7) is 3.96. The molecule has 0 aromatic heterocycles. The van der Waals surface area contributed by atoms with E-state index < -0.39 is 73.6 Å². The molecule has 35 heteroatoms. The predicted octanol–water partition coefficient (Wildman–Crippen LogP) is -2.88. The molecule has 2 unspecified atom stereocenters. The van der Waals surface area contributed by atoms with Gasteiger partial charge in [0, 0.05) is 52.2 Å². The lowest BCUT2D eigenvalue weighted by atomic mass is 9.93. The predicted molar refractivity (Wildman–Crippen MR) is 297 cm³/mol. The average molecular weight is 1200 g/mol. The Morgan fingerprint density at radius 1 is 0.349 bits per heavy atom. The zero-order valence-electron chi connectivity index (χ0n) is 48.0. The van der Waals surface area contributed by atoms with Crippen LogP contribution in [0, 0.1) is 21.6 Å². The quantitative estimate of drug-likeness (QED) is 0.00957. The molecule has 83 heavy (non-hydrogen) atoms. The van der Waals surface area contributed by atoms with Crippen LogP contribution in [0.2, 0.25) is 0 Å². The van der Waals surface area contributed by atoms with E-state index in [1.54, 1.807) is 0 Å². The van der Waals surface area contributed by atoms with Crippen LogP contribution in [0.3, 0.4) is 0 Å². The van der Waals surface area contributed by atoms with Gasteiger partial charge in [0.15, 0.2) is 11.9 Å². The van der Waals surface area contributed by atoms with E-state index in [1.165, 1.54) is 13.8 Å². The molecule has 0 saturated carbocycles. The molecule has 2 atom stereocenters. The first kappa shape index (κ1) is 76.1. The second kappa shape index (κ2) is 50.8. The summed E-state index contributed by atoms with van der Waals surface area (Å²) in [6, 6.07) is 0. The Kier molecular flexibility index (Phi) is 46.6. The smallest absolute Gasteiger partial charge is 0.407 e. The summed E-state index contributed by atoms with van der Waals surface area (Å²) in [5.74, 6) is -1.78. The summed E-state index contributed by atoms with van der Waals surface area (Å²) in [4.78, 5) is 84.8. The Balaban J connectivity index is 5.29. The van der Waals surface area contributed by atoms with Crippen molar-refractivity contribution in [3.8, 4) is 0 Å². The second-order valence-electron chi connectivity index (χ2n) is 17.8. The van der Waals surface area contributed by atoms with Crippen molar-refractivity contribution < 1.29 is 99.8 Å². The Morgan fingerprint density at radius 2 is 0.590 bits per heavy atom. The lowest BCUT2D eigenvalue weighted by Crippen LogP contribution is -2.43. The molecule has 0 heterocycles. The molecule has 18 N–H and O–H groups in total. The minimum Gasteiger partial charge on any atom is -0.463 e. The van der Waals surface area contributed by atoms with Crippen LogP contribution in [0.1, 0.15) is 39.5 Å². The average Bonchev–Trinajstić information content (AvgIpc) is 3.48. The number of amides is 4. The van der Waals surface area contributed by atoms with E-state index in [0.717, 1.165) is 0 Å². The molecule has 35 nitrogen and oxygen atoms in total. The Bertz CT molecular complexity index is 1740. The Hall–Kier alpha value is -6.86. The topological polar surface area (TPSA) is 518 Å². The molecule has 0 aromatic rings. The van der Waals surface area contributed by atoms with Gasteiger partial charge in [-0.1, -0.05) is 0 Å². The van der Waals surface area contributed by atoms with Crippen molar-refractivity contribution in [2.45, 2.75) is 39.5 Å². The maximum absolute atomic E-state index is 13.4. The van der Waals surface area contributed by atoms with Gasteiger partial charge in [-0.15, -0.1) is 0 Å². The number of carbonyl (C=O) groups excluding carboxylic acids is 6. The number of nitrogens with one attached hydrogen (secondary N) is 6. The normalized spacial score (nSPS) is 12.3. The first-order valence-electron chi connectivity index (χ1n) is 26.7. The lowest BCUT2D eigenvalue weighted by Gasteiger charge is -2.27. The molecule has 0 aliphatic carbocycles. The molecule has 4 amide bonds. The van der Waals surface area contributed by atoms with Crippen LogP contribution in [-0.2, 0) is 80.6 Å². The summed E-state index contributed by atoms with van der Waals surface area (Å²) in [5.41, 5.74) is 28.3. The number of nitrogens with zero attached hydrogens (tertiary/aromatic N) is 2. The van der Waals surface area contributed by atoms with E-state index in [2.05, 4.69) is 31.3 Å². The van der Waals surface area contributed by atoms with E-state index in [1.807, 2.05) is 0 Å². The van der Waals surface area contributed by atoms with Gasteiger partial charge in [0.25, 0.3) is 0 Å². The largest absolute Gasteiger partial charge is 0.463 e. The number of ether oxygens (including phenoxy) is 15. The van der Waals surface area contributed by atoms with Gasteiger partial charge >= 0.3 is 36.3 Å². The summed E-state index contributed by atoms with van der Waals surface area (Å²) < 4.78 is 80.6. The molecule has 0 aromatic carbocycles. The zero-order chi connectivity index (χ0) is 61.7. The van der Waals surface area contributed by atoms with Crippen molar-refractivity contribution in [3.63, 3.8) is 0 Å². The fourth-order valence-electron chi connectivity index (χ4n) is 5.66. The van der Waals surface area contributed by atoms with Crippen LogP contribution >= 0.6 is 0 Å². The molecule has 0 aliphatic rings. The van der Waals surface area contributed by atoms with Crippen LogP contribution in [0.5, 0.6) is 0 Å². The van der Waals surface area contributed by atoms with E-state index >= 15 is 0 Å². The summed E-state index contributed by atoms with van der Waals surface area (Å²) in [7, 11) is 0. The van der Waals surface area contributed by atoms with Crippen LogP contribution in [0.4, 0.5) is 19.2 Å². The zero-order valence-corrected chi connectivity index (χ0v) is 48.0. The molecular weight excluding hydrogens is 1110 g/mol. The van der Waals surface area contributed by atoms with Crippen molar-refractivity contribution in [1.82, 2.24) is 21.3 Å². The van der Waals surface area contributed by atoms with E-state index in [0.29, 0.717) is 65.2 Å². The third-order valence-corrected chi connectivity index (χ3v) is 10.1. The standard InChI is InChI=1S/C48H92N14O21/c1-47(33-80-43(65)59-9-17-73-23-21-69-13-3-5-37(49)50,35-82-45(67)61-11-19-75-27-25-71-15-7-57-41(53)54)39(63)78-31-29-77-30-32-79-40(64)48(2,34-81-44(66)60-10-18-74-24-22-70-14-4-6-38(51)52)36-83-46(68)62-12-20-76-28-26-72-16-8-58-42(55)56/h3-36H2,1-2H3,(H3,49,50)(H3,51,52)(H,59,65)(H,60,66)(H,61,67)(H,62,68)(H4,53,54,57)(H4,55,56,58). The van der Waals surface area contributed by atoms with Gasteiger partial charge < -0.3 is 127 Å². The van der Waals surface area contributed by atoms with Crippen LogP contribution in [0.15, 0.2) is 9.98 Å². The molecule has 0 radical (unpaired) electrons. The number of guanidine groups is 2. The maximum Gasteiger partial charge on any atom is 0.407 e. The van der Waals surface area contributed by atoms with Crippen LogP contribution in [0.25, 0.3) is 0 Å². The number of hydrogen-bond donors (Lipinski definition) is 12. The monoisotopic (exact) mass is 1200 g/mol. The van der Waals surface area contributed by atoms with E-state index in [4.69, 9.17) is 116 Å². The number of carbonyl (C=O) groups is 6. The van der Waals surface area contributed by atoms with Gasteiger partial charge in [-0.3, -0.25) is 30.4 Å². The molecular formula is C48H92N14O21.